The van der Waals surface area contributed by atoms with Gasteiger partial charge in [-0.1, -0.05) is 30.3 Å². The molecule has 2 aromatic rings. The van der Waals surface area contributed by atoms with Crippen LogP contribution < -0.4 is 5.32 Å². The van der Waals surface area contributed by atoms with Gasteiger partial charge < -0.3 is 10.2 Å². The molecule has 1 aliphatic heterocycles. The third kappa shape index (κ3) is 2.93. The second-order valence-corrected chi connectivity index (χ2v) is 6.39. The summed E-state index contributed by atoms with van der Waals surface area (Å²) in [4.78, 5) is 11.6. The van der Waals surface area contributed by atoms with Gasteiger partial charge in [0.15, 0.2) is 0 Å². The maximum absolute atomic E-state index is 4.76. The third-order valence-electron chi connectivity index (χ3n) is 4.71. The summed E-state index contributed by atoms with van der Waals surface area (Å²) >= 11 is 0. The van der Waals surface area contributed by atoms with Crippen LogP contribution in [0.15, 0.2) is 42.7 Å². The minimum Gasteiger partial charge on any atom is -0.373 e. The predicted molar refractivity (Wildman–Crippen MR) is 92.2 cm³/mol. The number of aromatic nitrogens is 2. The molecule has 1 aliphatic carbocycles. The first kappa shape index (κ1) is 14.2. The van der Waals surface area contributed by atoms with Crippen molar-refractivity contribution in [3.63, 3.8) is 0 Å². The van der Waals surface area contributed by atoms with E-state index in [0.717, 1.165) is 38.3 Å². The maximum Gasteiger partial charge on any atom is 0.223 e. The van der Waals surface area contributed by atoms with Crippen LogP contribution in [0, 0.1) is 0 Å². The van der Waals surface area contributed by atoms with Crippen molar-refractivity contribution in [1.82, 2.24) is 14.9 Å². The number of nitrogens with one attached hydrogen (secondary N) is 1. The van der Waals surface area contributed by atoms with E-state index < -0.39 is 0 Å². The smallest absolute Gasteiger partial charge is 0.223 e. The standard InChI is InChI=1S/C19H22N4/c1-2-8-23-9-7-18-16(13-23)12-20-19(22-18)21-17-10-14-5-3-4-6-15(14)11-17/h2-6,8,12,17H,7,9-11,13H2,1H3,(H,20,21,22). The average Bonchev–Trinajstić information content (AvgIpc) is 2.97. The molecule has 4 rings (SSSR count). The summed E-state index contributed by atoms with van der Waals surface area (Å²) in [5, 5.41) is 3.52. The van der Waals surface area contributed by atoms with Gasteiger partial charge in [-0.05, 0) is 37.1 Å². The van der Waals surface area contributed by atoms with E-state index in [1.807, 2.05) is 6.20 Å². The number of hydrogen-bond acceptors (Lipinski definition) is 4. The molecule has 1 aromatic carbocycles. The Morgan fingerprint density at radius 1 is 1.17 bits per heavy atom. The van der Waals surface area contributed by atoms with Crippen LogP contribution in [-0.4, -0.2) is 27.5 Å². The van der Waals surface area contributed by atoms with E-state index in [1.54, 1.807) is 0 Å². The van der Waals surface area contributed by atoms with E-state index in [2.05, 4.69) is 58.7 Å². The van der Waals surface area contributed by atoms with Gasteiger partial charge in [0.05, 0.1) is 5.69 Å². The van der Waals surface area contributed by atoms with Crippen molar-refractivity contribution in [1.29, 1.82) is 0 Å². The molecule has 2 heterocycles. The Balaban J connectivity index is 1.46. The first-order valence-corrected chi connectivity index (χ1v) is 8.37. The number of hydrogen-bond donors (Lipinski definition) is 1. The molecule has 0 unspecified atom stereocenters. The van der Waals surface area contributed by atoms with Crippen LogP contribution in [0.1, 0.15) is 29.3 Å². The number of anilines is 1. The normalized spacial score (nSPS) is 17.3. The lowest BCUT2D eigenvalue weighted by Crippen LogP contribution is -2.28. The molecule has 1 aromatic heterocycles. The van der Waals surface area contributed by atoms with Gasteiger partial charge >= 0.3 is 0 Å². The topological polar surface area (TPSA) is 41.1 Å². The van der Waals surface area contributed by atoms with Gasteiger partial charge in [0, 0.05) is 37.3 Å². The lowest BCUT2D eigenvalue weighted by atomic mass is 10.1. The summed E-state index contributed by atoms with van der Waals surface area (Å²) < 4.78 is 0. The molecular formula is C19H22N4. The van der Waals surface area contributed by atoms with E-state index in [0.29, 0.717) is 6.04 Å². The Morgan fingerprint density at radius 3 is 2.70 bits per heavy atom. The molecule has 118 valence electrons. The summed E-state index contributed by atoms with van der Waals surface area (Å²) in [5.41, 5.74) is 5.34. The molecule has 0 saturated carbocycles. The van der Waals surface area contributed by atoms with Gasteiger partial charge in [-0.15, -0.1) is 0 Å². The molecule has 4 nitrogen and oxygen atoms in total. The number of nitrogens with zero attached hydrogens (tertiary/aromatic N) is 3. The fourth-order valence-electron chi connectivity index (χ4n) is 3.59. The van der Waals surface area contributed by atoms with Crippen molar-refractivity contribution < 1.29 is 0 Å². The lowest BCUT2D eigenvalue weighted by Gasteiger charge is -2.27. The Morgan fingerprint density at radius 2 is 1.96 bits per heavy atom. The highest BCUT2D eigenvalue weighted by Gasteiger charge is 2.22. The molecule has 0 bridgehead atoms. The van der Waals surface area contributed by atoms with Crippen molar-refractivity contribution in [3.8, 4) is 0 Å². The van der Waals surface area contributed by atoms with Crippen LogP contribution in [0.5, 0.6) is 0 Å². The lowest BCUT2D eigenvalue weighted by molar-refractivity contribution is 0.348. The molecule has 0 spiro atoms. The summed E-state index contributed by atoms with van der Waals surface area (Å²) in [6.07, 6.45) is 9.33. The molecule has 0 radical (unpaired) electrons. The molecule has 0 atom stereocenters. The molecule has 0 fully saturated rings. The zero-order valence-electron chi connectivity index (χ0n) is 13.5. The predicted octanol–water partition coefficient (Wildman–Crippen LogP) is 2.95. The first-order valence-electron chi connectivity index (χ1n) is 8.37. The van der Waals surface area contributed by atoms with E-state index in [-0.39, 0.29) is 0 Å². The molecule has 0 saturated heterocycles. The Hall–Kier alpha value is -2.36. The largest absolute Gasteiger partial charge is 0.373 e. The highest BCUT2D eigenvalue weighted by molar-refractivity contribution is 5.39. The van der Waals surface area contributed by atoms with Crippen molar-refractivity contribution in [2.75, 3.05) is 11.9 Å². The minimum atomic E-state index is 0.411. The zero-order valence-corrected chi connectivity index (χ0v) is 13.5. The van der Waals surface area contributed by atoms with Crippen LogP contribution in [0.4, 0.5) is 5.95 Å². The molecule has 23 heavy (non-hydrogen) atoms. The second-order valence-electron chi connectivity index (χ2n) is 6.39. The number of benzene rings is 1. The van der Waals surface area contributed by atoms with Gasteiger partial charge in [-0.25, -0.2) is 9.97 Å². The molecule has 1 N–H and O–H groups in total. The fraction of sp³-hybridized carbons (Fsp3) is 0.368. The third-order valence-corrected chi connectivity index (χ3v) is 4.71. The average molecular weight is 306 g/mol. The SMILES string of the molecule is CC=CN1CCc2nc(NC3Cc4ccccc4C3)ncc2C1. The van der Waals surface area contributed by atoms with Gasteiger partial charge in [0.1, 0.15) is 0 Å². The van der Waals surface area contributed by atoms with Crippen molar-refractivity contribution >= 4 is 5.95 Å². The first-order chi connectivity index (χ1) is 11.3. The van der Waals surface area contributed by atoms with E-state index in [1.165, 1.54) is 22.4 Å². The van der Waals surface area contributed by atoms with Crippen molar-refractivity contribution in [2.24, 2.45) is 0 Å². The highest BCUT2D eigenvalue weighted by atomic mass is 15.1. The molecule has 4 heteroatoms. The highest BCUT2D eigenvalue weighted by Crippen LogP contribution is 2.24. The van der Waals surface area contributed by atoms with Crippen LogP contribution in [0.3, 0.4) is 0 Å². The van der Waals surface area contributed by atoms with Crippen LogP contribution in [-0.2, 0) is 25.8 Å². The van der Waals surface area contributed by atoms with Gasteiger partial charge in [0.2, 0.25) is 5.95 Å². The zero-order chi connectivity index (χ0) is 15.6. The van der Waals surface area contributed by atoms with E-state index in [4.69, 9.17) is 4.98 Å². The van der Waals surface area contributed by atoms with Gasteiger partial charge in [-0.2, -0.15) is 0 Å². The van der Waals surface area contributed by atoms with E-state index in [9.17, 15) is 0 Å². The van der Waals surface area contributed by atoms with E-state index >= 15 is 0 Å². The Kier molecular flexibility index (Phi) is 3.74. The summed E-state index contributed by atoms with van der Waals surface area (Å²) in [5.74, 6) is 0.779. The molecular weight excluding hydrogens is 284 g/mol. The van der Waals surface area contributed by atoms with Crippen LogP contribution >= 0.6 is 0 Å². The van der Waals surface area contributed by atoms with Crippen LogP contribution in [0.2, 0.25) is 0 Å². The number of rotatable bonds is 3. The van der Waals surface area contributed by atoms with Gasteiger partial charge in [-0.3, -0.25) is 0 Å². The fourth-order valence-corrected chi connectivity index (χ4v) is 3.59. The van der Waals surface area contributed by atoms with Crippen molar-refractivity contribution in [3.05, 3.63) is 65.1 Å². The van der Waals surface area contributed by atoms with Gasteiger partial charge in [0.25, 0.3) is 0 Å². The Labute approximate surface area is 137 Å². The maximum atomic E-state index is 4.76. The number of fused-ring (bicyclic) bond motifs is 2. The second kappa shape index (κ2) is 6.03. The molecule has 0 amide bonds. The minimum absolute atomic E-state index is 0.411. The Bertz CT molecular complexity index is 713. The van der Waals surface area contributed by atoms with Crippen LogP contribution in [0.25, 0.3) is 0 Å². The van der Waals surface area contributed by atoms with Crippen molar-refractivity contribution in [2.45, 2.75) is 38.8 Å². The number of allylic oxidation sites excluding steroid dienone is 1. The molecule has 2 aliphatic rings. The summed E-state index contributed by atoms with van der Waals surface area (Å²) in [7, 11) is 0. The summed E-state index contributed by atoms with van der Waals surface area (Å²) in [6, 6.07) is 9.09. The monoisotopic (exact) mass is 306 g/mol. The summed E-state index contributed by atoms with van der Waals surface area (Å²) in [6.45, 7) is 4.00. The quantitative estimate of drug-likeness (QED) is 0.946.